The summed E-state index contributed by atoms with van der Waals surface area (Å²) in [4.78, 5) is 13.1. The third-order valence-corrected chi connectivity index (χ3v) is 6.17. The van der Waals surface area contributed by atoms with Crippen molar-refractivity contribution in [3.8, 4) is 0 Å². The summed E-state index contributed by atoms with van der Waals surface area (Å²) in [6.45, 7) is 7.70. The highest BCUT2D eigenvalue weighted by Gasteiger charge is 2.32. The van der Waals surface area contributed by atoms with Crippen LogP contribution >= 0.6 is 11.6 Å². The molecular weight excluding hydrogens is 396 g/mol. The average Bonchev–Trinajstić information content (AvgIpc) is 2.61. The smallest absolute Gasteiger partial charge is 0.248 e. The molecule has 1 atom stereocenters. The molecule has 0 spiro atoms. The number of carbonyl (C=O) groups excluding carboxylic acids is 1. The second kappa shape index (κ2) is 8.97. The van der Waals surface area contributed by atoms with Crippen molar-refractivity contribution >= 4 is 38.9 Å². The number of halogens is 1. The van der Waals surface area contributed by atoms with E-state index >= 15 is 0 Å². The van der Waals surface area contributed by atoms with Crippen LogP contribution in [0.1, 0.15) is 44.2 Å². The Balaban J connectivity index is 2.44. The van der Waals surface area contributed by atoms with Gasteiger partial charge in [-0.05, 0) is 48.6 Å². The summed E-state index contributed by atoms with van der Waals surface area (Å²) in [5, 5.41) is 3.36. The first kappa shape index (κ1) is 22.2. The highest BCUT2D eigenvalue weighted by molar-refractivity contribution is 7.92. The first-order chi connectivity index (χ1) is 13.1. The van der Waals surface area contributed by atoms with Gasteiger partial charge in [0.25, 0.3) is 0 Å². The summed E-state index contributed by atoms with van der Waals surface area (Å²) in [6, 6.07) is 11.6. The standard InChI is InChI=1S/C21H27ClN2O3S/c1-6-20(21(25)23-19-10-8-7-9-17(19)14(2)3)24(28(5,26)27)16-12-11-15(4)18(22)13-16/h7-14,20H,6H2,1-5H3,(H,23,25)/t20-/m1/s1. The van der Waals surface area contributed by atoms with Crippen LogP contribution < -0.4 is 9.62 Å². The van der Waals surface area contributed by atoms with Crippen molar-refractivity contribution in [1.82, 2.24) is 0 Å². The van der Waals surface area contributed by atoms with Gasteiger partial charge in [-0.3, -0.25) is 9.10 Å². The molecule has 152 valence electrons. The summed E-state index contributed by atoms with van der Waals surface area (Å²) < 4.78 is 26.3. The van der Waals surface area contributed by atoms with E-state index in [1.807, 2.05) is 45.0 Å². The van der Waals surface area contributed by atoms with E-state index < -0.39 is 16.1 Å². The maximum Gasteiger partial charge on any atom is 0.248 e. The second-order valence-electron chi connectivity index (χ2n) is 7.15. The molecule has 2 rings (SSSR count). The minimum Gasteiger partial charge on any atom is -0.324 e. The van der Waals surface area contributed by atoms with Crippen molar-refractivity contribution < 1.29 is 13.2 Å². The lowest BCUT2D eigenvalue weighted by Crippen LogP contribution is -2.47. The van der Waals surface area contributed by atoms with Crippen LogP contribution in [0.25, 0.3) is 0 Å². The minimum atomic E-state index is -3.71. The molecule has 0 radical (unpaired) electrons. The Morgan fingerprint density at radius 3 is 2.36 bits per heavy atom. The molecule has 28 heavy (non-hydrogen) atoms. The largest absolute Gasteiger partial charge is 0.324 e. The van der Waals surface area contributed by atoms with Crippen LogP contribution in [0.15, 0.2) is 42.5 Å². The lowest BCUT2D eigenvalue weighted by molar-refractivity contribution is -0.117. The molecule has 5 nitrogen and oxygen atoms in total. The van der Waals surface area contributed by atoms with Crippen molar-refractivity contribution in [2.24, 2.45) is 0 Å². The van der Waals surface area contributed by atoms with Crippen molar-refractivity contribution in [3.05, 3.63) is 58.6 Å². The molecule has 0 saturated heterocycles. The molecule has 0 unspecified atom stereocenters. The number of sulfonamides is 1. The van der Waals surface area contributed by atoms with E-state index in [2.05, 4.69) is 5.32 Å². The fourth-order valence-electron chi connectivity index (χ4n) is 3.11. The zero-order valence-electron chi connectivity index (χ0n) is 16.9. The molecular formula is C21H27ClN2O3S. The highest BCUT2D eigenvalue weighted by Crippen LogP contribution is 2.29. The molecule has 0 aliphatic heterocycles. The van der Waals surface area contributed by atoms with E-state index in [4.69, 9.17) is 11.6 Å². The van der Waals surface area contributed by atoms with Crippen molar-refractivity contribution in [3.63, 3.8) is 0 Å². The van der Waals surface area contributed by atoms with Crippen LogP contribution in [0.2, 0.25) is 5.02 Å². The summed E-state index contributed by atoms with van der Waals surface area (Å²) in [6.07, 6.45) is 1.41. The van der Waals surface area contributed by atoms with Gasteiger partial charge in [0, 0.05) is 10.7 Å². The van der Waals surface area contributed by atoms with E-state index in [0.717, 1.165) is 21.7 Å². The zero-order valence-corrected chi connectivity index (χ0v) is 18.4. The lowest BCUT2D eigenvalue weighted by Gasteiger charge is -2.30. The SMILES string of the molecule is CC[C@H](C(=O)Nc1ccccc1C(C)C)N(c1ccc(C)c(Cl)c1)S(C)(=O)=O. The summed E-state index contributed by atoms with van der Waals surface area (Å²) in [5.41, 5.74) is 2.89. The maximum absolute atomic E-state index is 13.1. The minimum absolute atomic E-state index is 0.221. The fraction of sp³-hybridized carbons (Fsp3) is 0.381. The first-order valence-electron chi connectivity index (χ1n) is 9.21. The number of benzene rings is 2. The molecule has 0 bridgehead atoms. The number of anilines is 2. The van der Waals surface area contributed by atoms with Gasteiger partial charge in [-0.15, -0.1) is 0 Å². The van der Waals surface area contributed by atoms with Crippen molar-refractivity contribution in [2.45, 2.75) is 46.1 Å². The number of aryl methyl sites for hydroxylation is 1. The third-order valence-electron chi connectivity index (χ3n) is 4.58. The van der Waals surface area contributed by atoms with Crippen LogP contribution in [-0.2, 0) is 14.8 Å². The molecule has 0 aromatic heterocycles. The zero-order chi connectivity index (χ0) is 21.1. The van der Waals surface area contributed by atoms with Gasteiger partial charge in [0.1, 0.15) is 6.04 Å². The molecule has 0 aliphatic rings. The van der Waals surface area contributed by atoms with Gasteiger partial charge in [0.15, 0.2) is 0 Å². The Bertz CT molecular complexity index is 958. The number of para-hydroxylation sites is 1. The van der Waals surface area contributed by atoms with Gasteiger partial charge in [-0.2, -0.15) is 0 Å². The molecule has 7 heteroatoms. The average molecular weight is 423 g/mol. The third kappa shape index (κ3) is 5.06. The lowest BCUT2D eigenvalue weighted by atomic mass is 10.0. The topological polar surface area (TPSA) is 66.5 Å². The highest BCUT2D eigenvalue weighted by atomic mass is 35.5. The van der Waals surface area contributed by atoms with Crippen molar-refractivity contribution in [2.75, 3.05) is 15.9 Å². The van der Waals surface area contributed by atoms with E-state index in [0.29, 0.717) is 22.8 Å². The van der Waals surface area contributed by atoms with Crippen LogP contribution in [-0.4, -0.2) is 26.6 Å². The van der Waals surface area contributed by atoms with Gasteiger partial charge in [0.2, 0.25) is 15.9 Å². The number of rotatable bonds is 7. The van der Waals surface area contributed by atoms with Crippen LogP contribution in [0.5, 0.6) is 0 Å². The number of hydrogen-bond acceptors (Lipinski definition) is 3. The van der Waals surface area contributed by atoms with Gasteiger partial charge in [-0.25, -0.2) is 8.42 Å². The molecule has 0 fully saturated rings. The number of nitrogens with one attached hydrogen (secondary N) is 1. The summed E-state index contributed by atoms with van der Waals surface area (Å²) in [5.74, 6) is -0.156. The van der Waals surface area contributed by atoms with Gasteiger partial charge >= 0.3 is 0 Å². The van der Waals surface area contributed by atoms with Crippen LogP contribution in [0, 0.1) is 6.92 Å². The van der Waals surface area contributed by atoms with E-state index in [-0.39, 0.29) is 11.8 Å². The number of amides is 1. The van der Waals surface area contributed by atoms with Crippen LogP contribution in [0.4, 0.5) is 11.4 Å². The normalized spacial score (nSPS) is 12.7. The Labute approximate surface area is 172 Å². The molecule has 1 N–H and O–H groups in total. The Morgan fingerprint density at radius 1 is 1.18 bits per heavy atom. The Kier molecular flexibility index (Phi) is 7.12. The maximum atomic E-state index is 13.1. The fourth-order valence-corrected chi connectivity index (χ4v) is 4.49. The van der Waals surface area contributed by atoms with Crippen molar-refractivity contribution in [1.29, 1.82) is 0 Å². The van der Waals surface area contributed by atoms with Gasteiger partial charge in [0.05, 0.1) is 11.9 Å². The van der Waals surface area contributed by atoms with Gasteiger partial charge < -0.3 is 5.32 Å². The van der Waals surface area contributed by atoms with E-state index in [9.17, 15) is 13.2 Å². The summed E-state index contributed by atoms with van der Waals surface area (Å²) in [7, 11) is -3.71. The number of hydrogen-bond donors (Lipinski definition) is 1. The quantitative estimate of drug-likeness (QED) is 0.686. The molecule has 0 heterocycles. The monoisotopic (exact) mass is 422 g/mol. The second-order valence-corrected chi connectivity index (χ2v) is 9.41. The van der Waals surface area contributed by atoms with Crippen LogP contribution in [0.3, 0.4) is 0 Å². The number of nitrogens with zero attached hydrogens (tertiary/aromatic N) is 1. The predicted molar refractivity (Wildman–Crippen MR) is 117 cm³/mol. The first-order valence-corrected chi connectivity index (χ1v) is 11.4. The molecule has 2 aromatic carbocycles. The number of carbonyl (C=O) groups is 1. The molecule has 2 aromatic rings. The molecule has 0 saturated carbocycles. The molecule has 1 amide bonds. The molecule has 0 aliphatic carbocycles. The Morgan fingerprint density at radius 2 is 1.82 bits per heavy atom. The van der Waals surface area contributed by atoms with Gasteiger partial charge in [-0.1, -0.05) is 56.6 Å². The van der Waals surface area contributed by atoms with E-state index in [1.165, 1.54) is 0 Å². The predicted octanol–water partition coefficient (Wildman–Crippen LogP) is 4.96. The summed E-state index contributed by atoms with van der Waals surface area (Å²) >= 11 is 6.20. The Hall–Kier alpha value is -2.05. The van der Waals surface area contributed by atoms with E-state index in [1.54, 1.807) is 25.1 Å².